The van der Waals surface area contributed by atoms with Crippen LogP contribution in [-0.2, 0) is 13.0 Å². The number of nitrogens with one attached hydrogen (secondary N) is 1. The molecule has 1 aromatic carbocycles. The van der Waals surface area contributed by atoms with Gasteiger partial charge in [-0.3, -0.25) is 0 Å². The van der Waals surface area contributed by atoms with Crippen LogP contribution in [0, 0.1) is 22.7 Å². The number of nitriles is 2. The van der Waals surface area contributed by atoms with Gasteiger partial charge in [0.25, 0.3) is 0 Å². The first-order valence-electron chi connectivity index (χ1n) is 12.5. The summed E-state index contributed by atoms with van der Waals surface area (Å²) in [4.78, 5) is 16.6. The van der Waals surface area contributed by atoms with Crippen molar-refractivity contribution in [2.45, 2.75) is 44.3 Å². The SMILES string of the molecule is CN1CCC[C@H]1COc1nc2c(c(N3CCN[C@@H](CC#N)C3)n1)CCN(c1ccccc1C#N)C2. The summed E-state index contributed by atoms with van der Waals surface area (Å²) in [6, 6.07) is 13.3. The van der Waals surface area contributed by atoms with Crippen molar-refractivity contribution in [2.75, 3.05) is 56.2 Å². The third-order valence-corrected chi connectivity index (χ3v) is 7.36. The number of para-hydroxylation sites is 1. The maximum Gasteiger partial charge on any atom is 0.318 e. The summed E-state index contributed by atoms with van der Waals surface area (Å²) in [5, 5.41) is 22.2. The van der Waals surface area contributed by atoms with Gasteiger partial charge in [-0.25, -0.2) is 0 Å². The predicted molar refractivity (Wildman–Crippen MR) is 133 cm³/mol. The molecule has 0 bridgehead atoms. The first-order valence-corrected chi connectivity index (χ1v) is 12.5. The van der Waals surface area contributed by atoms with Crippen molar-refractivity contribution in [1.29, 1.82) is 10.5 Å². The summed E-state index contributed by atoms with van der Waals surface area (Å²) in [7, 11) is 2.14. The van der Waals surface area contributed by atoms with Gasteiger partial charge in [-0.1, -0.05) is 12.1 Å². The molecule has 0 spiro atoms. The van der Waals surface area contributed by atoms with Crippen LogP contribution in [-0.4, -0.2) is 73.3 Å². The maximum absolute atomic E-state index is 9.60. The molecule has 2 aromatic rings. The monoisotopic (exact) mass is 472 g/mol. The molecule has 9 nitrogen and oxygen atoms in total. The minimum atomic E-state index is 0.124. The molecule has 182 valence electrons. The second-order valence-corrected chi connectivity index (χ2v) is 9.60. The van der Waals surface area contributed by atoms with Crippen molar-refractivity contribution in [1.82, 2.24) is 20.2 Å². The quantitative estimate of drug-likeness (QED) is 0.676. The number of likely N-dealkylation sites (N-methyl/N-ethyl adjacent to an activating group) is 1. The van der Waals surface area contributed by atoms with Crippen molar-refractivity contribution in [3.63, 3.8) is 0 Å². The van der Waals surface area contributed by atoms with Gasteiger partial charge in [0, 0.05) is 43.8 Å². The van der Waals surface area contributed by atoms with Gasteiger partial charge >= 0.3 is 6.01 Å². The standard InChI is InChI=1S/C26H32N8O/c1-32-12-4-6-21(32)18-35-26-30-23-17-33(24-7-3-2-5-19(24)15-28)13-9-22(23)25(31-26)34-14-11-29-20(16-34)8-10-27/h2-3,5,7,20-21,29H,4,6,8-9,11-14,16-18H2,1H3/t20-,21-/m0/s1. The molecule has 3 aliphatic rings. The number of benzene rings is 1. The first-order chi connectivity index (χ1) is 17.2. The average molecular weight is 473 g/mol. The molecule has 0 aliphatic carbocycles. The van der Waals surface area contributed by atoms with Crippen molar-refractivity contribution in [3.8, 4) is 18.1 Å². The van der Waals surface area contributed by atoms with Crippen molar-refractivity contribution in [3.05, 3.63) is 41.1 Å². The van der Waals surface area contributed by atoms with Gasteiger partial charge in [-0.15, -0.1) is 0 Å². The number of ether oxygens (including phenoxy) is 1. The maximum atomic E-state index is 9.60. The van der Waals surface area contributed by atoms with Crippen LogP contribution >= 0.6 is 0 Å². The number of hydrogen-bond donors (Lipinski definition) is 1. The van der Waals surface area contributed by atoms with E-state index in [1.54, 1.807) is 0 Å². The number of anilines is 2. The van der Waals surface area contributed by atoms with E-state index >= 15 is 0 Å². The summed E-state index contributed by atoms with van der Waals surface area (Å²) in [5.41, 5.74) is 3.72. The number of fused-ring (bicyclic) bond motifs is 1. The summed E-state index contributed by atoms with van der Waals surface area (Å²) in [6.45, 7) is 5.46. The highest BCUT2D eigenvalue weighted by atomic mass is 16.5. The van der Waals surface area contributed by atoms with Crippen molar-refractivity contribution in [2.24, 2.45) is 0 Å². The fourth-order valence-corrected chi connectivity index (χ4v) is 5.39. The zero-order valence-corrected chi connectivity index (χ0v) is 20.3. The van der Waals surface area contributed by atoms with E-state index in [-0.39, 0.29) is 6.04 Å². The van der Waals surface area contributed by atoms with Crippen LogP contribution < -0.4 is 19.9 Å². The van der Waals surface area contributed by atoms with E-state index in [4.69, 9.17) is 14.7 Å². The highest BCUT2D eigenvalue weighted by molar-refractivity contribution is 5.62. The van der Waals surface area contributed by atoms with Crippen LogP contribution in [0.4, 0.5) is 11.5 Å². The minimum Gasteiger partial charge on any atom is -0.462 e. The molecule has 3 aliphatic heterocycles. The lowest BCUT2D eigenvalue weighted by atomic mass is 10.0. The van der Waals surface area contributed by atoms with Crippen LogP contribution in [0.3, 0.4) is 0 Å². The zero-order valence-electron chi connectivity index (χ0n) is 20.3. The lowest BCUT2D eigenvalue weighted by Gasteiger charge is -2.37. The Labute approximate surface area is 206 Å². The van der Waals surface area contributed by atoms with E-state index in [0.717, 1.165) is 68.3 Å². The molecule has 2 saturated heterocycles. The summed E-state index contributed by atoms with van der Waals surface area (Å²) in [5.74, 6) is 0.933. The molecule has 1 N–H and O–H groups in total. The summed E-state index contributed by atoms with van der Waals surface area (Å²) >= 11 is 0. The zero-order chi connectivity index (χ0) is 24.2. The largest absolute Gasteiger partial charge is 0.462 e. The number of rotatable bonds is 6. The third kappa shape index (κ3) is 5.02. The molecule has 0 radical (unpaired) electrons. The van der Waals surface area contributed by atoms with Gasteiger partial charge < -0.3 is 24.8 Å². The Morgan fingerprint density at radius 3 is 2.83 bits per heavy atom. The van der Waals surface area contributed by atoms with Gasteiger partial charge in [0.15, 0.2) is 0 Å². The van der Waals surface area contributed by atoms with Gasteiger partial charge in [0.2, 0.25) is 0 Å². The second-order valence-electron chi connectivity index (χ2n) is 9.60. The van der Waals surface area contributed by atoms with E-state index in [2.05, 4.69) is 39.2 Å². The molecular weight excluding hydrogens is 440 g/mol. The molecule has 0 amide bonds. The van der Waals surface area contributed by atoms with E-state index in [1.807, 2.05) is 24.3 Å². The van der Waals surface area contributed by atoms with Crippen molar-refractivity contribution < 1.29 is 4.74 Å². The summed E-state index contributed by atoms with van der Waals surface area (Å²) in [6.07, 6.45) is 3.58. The third-order valence-electron chi connectivity index (χ3n) is 7.36. The molecule has 4 heterocycles. The van der Waals surface area contributed by atoms with Gasteiger partial charge in [-0.2, -0.15) is 20.5 Å². The Kier molecular flexibility index (Phi) is 6.98. The molecule has 35 heavy (non-hydrogen) atoms. The first kappa shape index (κ1) is 23.3. The molecule has 5 rings (SSSR count). The molecular formula is C26H32N8O. The molecule has 0 saturated carbocycles. The molecule has 2 fully saturated rings. The molecule has 1 aromatic heterocycles. The fraction of sp³-hybridized carbons (Fsp3) is 0.538. The van der Waals surface area contributed by atoms with E-state index in [9.17, 15) is 10.5 Å². The van der Waals surface area contributed by atoms with Crippen LogP contribution in [0.25, 0.3) is 0 Å². The predicted octanol–water partition coefficient (Wildman–Crippen LogP) is 2.08. The Bertz CT molecular complexity index is 1140. The molecule has 9 heteroatoms. The van der Waals surface area contributed by atoms with Gasteiger partial charge in [0.05, 0.1) is 36.0 Å². The van der Waals surface area contributed by atoms with Gasteiger partial charge in [0.1, 0.15) is 18.5 Å². The molecule has 2 atom stereocenters. The smallest absolute Gasteiger partial charge is 0.318 e. The van der Waals surface area contributed by atoms with E-state index in [1.165, 1.54) is 6.42 Å². The lowest BCUT2D eigenvalue weighted by molar-refractivity contribution is 0.187. The Morgan fingerprint density at radius 2 is 2.03 bits per heavy atom. The van der Waals surface area contributed by atoms with Crippen LogP contribution in [0.2, 0.25) is 0 Å². The number of likely N-dealkylation sites (tertiary alicyclic amines) is 1. The number of aromatic nitrogens is 2. The number of nitrogens with zero attached hydrogens (tertiary/aromatic N) is 7. The van der Waals surface area contributed by atoms with E-state index in [0.29, 0.717) is 37.2 Å². The average Bonchev–Trinajstić information content (AvgIpc) is 3.31. The van der Waals surface area contributed by atoms with Gasteiger partial charge in [-0.05, 0) is 45.0 Å². The van der Waals surface area contributed by atoms with E-state index < -0.39 is 0 Å². The Balaban J connectivity index is 1.45. The van der Waals surface area contributed by atoms with Crippen LogP contribution in [0.1, 0.15) is 36.1 Å². The lowest BCUT2D eigenvalue weighted by Crippen LogP contribution is -2.51. The Hall–Kier alpha value is -3.40. The number of hydrogen-bond acceptors (Lipinski definition) is 9. The topological polar surface area (TPSA) is 104 Å². The normalized spacial score (nSPS) is 22.4. The summed E-state index contributed by atoms with van der Waals surface area (Å²) < 4.78 is 6.19. The minimum absolute atomic E-state index is 0.124. The van der Waals surface area contributed by atoms with Crippen LogP contribution in [0.15, 0.2) is 24.3 Å². The van der Waals surface area contributed by atoms with Crippen LogP contribution in [0.5, 0.6) is 6.01 Å². The Morgan fingerprint density at radius 1 is 1.14 bits per heavy atom. The fourth-order valence-electron chi connectivity index (χ4n) is 5.39. The second kappa shape index (κ2) is 10.5. The van der Waals surface area contributed by atoms with Crippen molar-refractivity contribution >= 4 is 11.5 Å². The molecule has 0 unspecified atom stereocenters. The highest BCUT2D eigenvalue weighted by Crippen LogP contribution is 2.32. The number of piperazine rings is 1. The highest BCUT2D eigenvalue weighted by Gasteiger charge is 2.30.